The number of benzene rings is 1. The van der Waals surface area contributed by atoms with Crippen molar-refractivity contribution in [3.8, 4) is 0 Å². The molecule has 0 atom stereocenters. The van der Waals surface area contributed by atoms with E-state index in [0.717, 1.165) is 43.4 Å². The Bertz CT molecular complexity index is 1140. The van der Waals surface area contributed by atoms with Gasteiger partial charge in [-0.3, -0.25) is 24.6 Å². The van der Waals surface area contributed by atoms with E-state index in [2.05, 4.69) is 4.90 Å². The first-order valence-electron chi connectivity index (χ1n) is 11.0. The van der Waals surface area contributed by atoms with Gasteiger partial charge in [-0.1, -0.05) is 6.42 Å². The molecule has 12 heteroatoms. The van der Waals surface area contributed by atoms with Gasteiger partial charge >= 0.3 is 6.18 Å². The molecule has 0 amide bonds. The van der Waals surface area contributed by atoms with E-state index in [1.807, 2.05) is 4.90 Å². The maximum absolute atomic E-state index is 13.2. The molecule has 8 nitrogen and oxygen atoms in total. The molecule has 184 valence electrons. The number of nitro benzene ring substituents is 1. The number of fused-ring (bicyclic) bond motifs is 1. The fourth-order valence-corrected chi connectivity index (χ4v) is 6.02. The van der Waals surface area contributed by atoms with Crippen LogP contribution in [0.2, 0.25) is 0 Å². The number of halogens is 3. The highest BCUT2D eigenvalue weighted by atomic mass is 32.1. The molecule has 1 saturated carbocycles. The number of non-ortho nitro benzene ring substituents is 1. The van der Waals surface area contributed by atoms with Gasteiger partial charge in [-0.15, -0.1) is 11.3 Å². The minimum absolute atomic E-state index is 0.0662. The smallest absolute Gasteiger partial charge is 0.416 e. The lowest BCUT2D eigenvalue weighted by atomic mass is 9.84. The lowest BCUT2D eigenvalue weighted by molar-refractivity contribution is -0.383. The first-order valence-corrected chi connectivity index (χ1v) is 11.9. The fourth-order valence-electron chi connectivity index (χ4n) is 4.83. The summed E-state index contributed by atoms with van der Waals surface area (Å²) in [5.41, 5.74) is -3.10. The molecule has 2 aliphatic rings. The number of hydrogen-bond acceptors (Lipinski definition) is 8. The van der Waals surface area contributed by atoms with Crippen molar-refractivity contribution in [2.24, 2.45) is 0 Å². The summed E-state index contributed by atoms with van der Waals surface area (Å²) in [5.74, 6) is 0. The van der Waals surface area contributed by atoms with Gasteiger partial charge in [0.05, 0.1) is 15.5 Å². The second kappa shape index (κ2) is 9.49. The topological polar surface area (TPSA) is 93.0 Å². The van der Waals surface area contributed by atoms with Gasteiger partial charge in [0.2, 0.25) is 0 Å². The van der Waals surface area contributed by atoms with Crippen molar-refractivity contribution in [2.45, 2.75) is 43.9 Å². The number of nitrogens with zero attached hydrogens (tertiary/aromatic N) is 3. The lowest BCUT2D eigenvalue weighted by Crippen LogP contribution is -2.53. The van der Waals surface area contributed by atoms with Crippen LogP contribution in [0.3, 0.4) is 0 Å². The zero-order chi connectivity index (χ0) is 24.5. The third-order valence-electron chi connectivity index (χ3n) is 6.58. The van der Waals surface area contributed by atoms with Crippen LogP contribution >= 0.6 is 11.3 Å². The van der Waals surface area contributed by atoms with Gasteiger partial charge in [-0.25, -0.2) is 0 Å². The molecule has 1 saturated heterocycles. The zero-order valence-electron chi connectivity index (χ0n) is 18.3. The predicted octanol–water partition coefficient (Wildman–Crippen LogP) is 4.19. The minimum Gasteiger partial charge on any atom is -0.460 e. The van der Waals surface area contributed by atoms with Gasteiger partial charge in [-0.05, 0) is 31.7 Å². The molecular formula is C22H24F3N3O5S. The van der Waals surface area contributed by atoms with Crippen molar-refractivity contribution >= 4 is 38.6 Å². The average Bonchev–Trinajstić information content (AvgIpc) is 2.79. The van der Waals surface area contributed by atoms with E-state index >= 15 is 0 Å². The molecule has 2 fully saturated rings. The molecule has 0 unspecified atom stereocenters. The Morgan fingerprint density at radius 2 is 1.79 bits per heavy atom. The predicted molar refractivity (Wildman–Crippen MR) is 121 cm³/mol. The molecule has 0 radical (unpaired) electrons. The van der Waals surface area contributed by atoms with Crippen molar-refractivity contribution in [3.63, 3.8) is 0 Å². The minimum atomic E-state index is -4.80. The van der Waals surface area contributed by atoms with E-state index < -0.39 is 33.4 Å². The molecule has 1 aliphatic heterocycles. The van der Waals surface area contributed by atoms with Crippen LogP contribution in [0.15, 0.2) is 23.0 Å². The van der Waals surface area contributed by atoms with Gasteiger partial charge in [-0.2, -0.15) is 13.2 Å². The van der Waals surface area contributed by atoms with Crippen molar-refractivity contribution in [3.05, 3.63) is 44.1 Å². The number of piperazine rings is 1. The van der Waals surface area contributed by atoms with E-state index in [9.17, 15) is 32.9 Å². The molecular weight excluding hydrogens is 475 g/mol. The first kappa shape index (κ1) is 24.4. The number of carbonyl (C=O) groups excluding carboxylic acids is 1. The normalized spacial score (nSPS) is 19.2. The molecule has 0 spiro atoms. The average molecular weight is 500 g/mol. The summed E-state index contributed by atoms with van der Waals surface area (Å²) < 4.78 is 45.0. The van der Waals surface area contributed by atoms with E-state index in [4.69, 9.17) is 4.74 Å². The maximum Gasteiger partial charge on any atom is 0.416 e. The summed E-state index contributed by atoms with van der Waals surface area (Å²) >= 11 is 0.953. The number of nitro groups is 1. The van der Waals surface area contributed by atoms with Crippen molar-refractivity contribution in [2.75, 3.05) is 37.6 Å². The van der Waals surface area contributed by atoms with Crippen molar-refractivity contribution < 1.29 is 27.6 Å². The molecule has 4 rings (SSSR count). The molecule has 0 bridgehead atoms. The molecule has 0 N–H and O–H groups in total. The van der Waals surface area contributed by atoms with Crippen molar-refractivity contribution in [1.82, 2.24) is 4.90 Å². The number of hydrogen-bond donors (Lipinski definition) is 0. The number of carbonyl (C=O) groups is 1. The number of alkyl halides is 3. The lowest BCUT2D eigenvalue weighted by Gasteiger charge is -2.42. The monoisotopic (exact) mass is 499 g/mol. The third-order valence-corrected chi connectivity index (χ3v) is 7.80. The maximum atomic E-state index is 13.2. The fraction of sp³-hybridized carbons (Fsp3) is 0.545. The highest BCUT2D eigenvalue weighted by Gasteiger charge is 2.37. The van der Waals surface area contributed by atoms with Crippen LogP contribution < -0.4 is 10.3 Å². The summed E-state index contributed by atoms with van der Waals surface area (Å²) in [4.78, 5) is 38.5. The van der Waals surface area contributed by atoms with E-state index in [0.29, 0.717) is 56.3 Å². The SMILES string of the molecule is O=COC1(CN2CCN(c3cc(=O)c4cc(C(F)(F)F)cc([N+](=O)[O-])c4s3)CC2)CCCCC1. The quantitative estimate of drug-likeness (QED) is 0.334. The molecule has 2 aromatic rings. The Hall–Kier alpha value is -2.73. The van der Waals surface area contributed by atoms with Crippen LogP contribution in [0.4, 0.5) is 23.9 Å². The molecule has 1 aromatic carbocycles. The Kier molecular flexibility index (Phi) is 6.81. The van der Waals surface area contributed by atoms with Crippen molar-refractivity contribution in [1.29, 1.82) is 0 Å². The van der Waals surface area contributed by atoms with Crippen LogP contribution in [0.1, 0.15) is 37.7 Å². The standard InChI is InChI=1S/C22H24F3N3O5S/c23-22(24,25)15-10-16-18(30)12-19(34-20(16)17(11-15)28(31)32)27-8-6-26(7-9-27)13-21(33-14-29)4-2-1-3-5-21/h10-12,14H,1-9,13H2. The Morgan fingerprint density at radius 1 is 1.12 bits per heavy atom. The largest absolute Gasteiger partial charge is 0.460 e. The summed E-state index contributed by atoms with van der Waals surface area (Å²) in [6.45, 7) is 3.49. The van der Waals surface area contributed by atoms with E-state index in [-0.39, 0.29) is 10.1 Å². The number of rotatable bonds is 6. The highest BCUT2D eigenvalue weighted by Crippen LogP contribution is 2.39. The molecule has 34 heavy (non-hydrogen) atoms. The first-order chi connectivity index (χ1) is 16.1. The summed E-state index contributed by atoms with van der Waals surface area (Å²) in [6, 6.07) is 2.42. The van der Waals surface area contributed by atoms with E-state index in [1.165, 1.54) is 6.07 Å². The molecule has 2 heterocycles. The van der Waals surface area contributed by atoms with Crippen LogP contribution in [0.25, 0.3) is 10.1 Å². The Labute approximate surface area is 197 Å². The highest BCUT2D eigenvalue weighted by molar-refractivity contribution is 7.22. The third kappa shape index (κ3) is 5.02. The van der Waals surface area contributed by atoms with Crippen LogP contribution in [-0.2, 0) is 15.7 Å². The van der Waals surface area contributed by atoms with Gasteiger partial charge in [0.15, 0.2) is 5.43 Å². The second-order valence-electron chi connectivity index (χ2n) is 8.80. The molecule has 1 aromatic heterocycles. The second-order valence-corrected chi connectivity index (χ2v) is 9.83. The Balaban J connectivity index is 1.56. The molecule has 1 aliphatic carbocycles. The summed E-state index contributed by atoms with van der Waals surface area (Å²) in [5, 5.41) is 11.7. The Morgan fingerprint density at radius 3 is 2.38 bits per heavy atom. The zero-order valence-corrected chi connectivity index (χ0v) is 19.1. The van der Waals surface area contributed by atoms with Gasteiger partial charge < -0.3 is 9.64 Å². The van der Waals surface area contributed by atoms with Gasteiger partial charge in [0, 0.05) is 50.2 Å². The van der Waals surface area contributed by atoms with E-state index in [1.54, 1.807) is 0 Å². The van der Waals surface area contributed by atoms with Gasteiger partial charge in [0.1, 0.15) is 10.3 Å². The van der Waals surface area contributed by atoms with Crippen LogP contribution in [-0.4, -0.2) is 54.6 Å². The summed E-state index contributed by atoms with van der Waals surface area (Å²) in [7, 11) is 0. The number of ether oxygens (including phenoxy) is 1. The van der Waals surface area contributed by atoms with Crippen LogP contribution in [0, 0.1) is 10.1 Å². The summed E-state index contributed by atoms with van der Waals surface area (Å²) in [6.07, 6.45) is -0.0193. The van der Waals surface area contributed by atoms with Gasteiger partial charge in [0.25, 0.3) is 12.2 Å². The number of anilines is 1. The van der Waals surface area contributed by atoms with Crippen LogP contribution in [0.5, 0.6) is 0 Å².